The first-order valence-electron chi connectivity index (χ1n) is 22.2. The van der Waals surface area contributed by atoms with Crippen molar-refractivity contribution in [1.29, 1.82) is 0 Å². The SMILES string of the molecule is Cc1cc(-n2nc3c(c2-n2ccn(-c4ccc(C(=O)NS(C)(=O)=O)cc4)c2=O)[C@H](C)N(C(=O)c2cc4cc([C@H]5CCOC(C)(C)C5)ccc4n2[C@@]2(c4noc(=O)[nH]4)C[C@@H]2C)CC3)cc(C)c1F. The Hall–Kier alpha value is -6.86. The first kappa shape index (κ1) is 44.0. The molecule has 6 heterocycles. The number of ether oxygens (including phenoxy) is 1. The van der Waals surface area contributed by atoms with Crippen LogP contribution in [0.15, 0.2) is 87.2 Å². The highest BCUT2D eigenvalue weighted by Gasteiger charge is 2.59. The molecule has 4 aromatic heterocycles. The Balaban J connectivity index is 1.09. The van der Waals surface area contributed by atoms with Crippen LogP contribution in [0, 0.1) is 25.6 Å². The Morgan fingerprint density at radius 1 is 0.940 bits per heavy atom. The lowest BCUT2D eigenvalue weighted by molar-refractivity contribution is -0.0592. The van der Waals surface area contributed by atoms with Crippen LogP contribution in [-0.2, 0) is 26.7 Å². The summed E-state index contributed by atoms with van der Waals surface area (Å²) in [6.07, 6.45) is 6.67. The van der Waals surface area contributed by atoms with Crippen LogP contribution in [-0.4, -0.2) is 83.8 Å². The highest BCUT2D eigenvalue weighted by Crippen LogP contribution is 2.56. The minimum Gasteiger partial charge on any atom is -0.376 e. The number of H-pyrrole nitrogens is 1. The van der Waals surface area contributed by atoms with Crippen molar-refractivity contribution in [3.8, 4) is 17.2 Å². The summed E-state index contributed by atoms with van der Waals surface area (Å²) in [6, 6.07) is 16.8. The zero-order chi connectivity index (χ0) is 47.5. The molecule has 1 aliphatic carbocycles. The first-order valence-corrected chi connectivity index (χ1v) is 24.1. The van der Waals surface area contributed by atoms with Crippen LogP contribution in [0.25, 0.3) is 28.1 Å². The number of aromatic amines is 1. The second-order valence-corrected chi connectivity index (χ2v) is 20.7. The number of nitrogens with one attached hydrogen (secondary N) is 2. The van der Waals surface area contributed by atoms with E-state index in [1.165, 1.54) is 33.4 Å². The molecule has 3 aliphatic rings. The fourth-order valence-corrected chi connectivity index (χ4v) is 10.9. The smallest absolute Gasteiger partial charge is 0.376 e. The molecule has 348 valence electrons. The van der Waals surface area contributed by atoms with Crippen LogP contribution >= 0.6 is 0 Å². The third-order valence-electron chi connectivity index (χ3n) is 13.8. The van der Waals surface area contributed by atoms with Gasteiger partial charge in [-0.1, -0.05) is 18.1 Å². The monoisotopic (exact) mass is 931 g/mol. The zero-order valence-corrected chi connectivity index (χ0v) is 38.9. The minimum absolute atomic E-state index is 0.0130. The van der Waals surface area contributed by atoms with Gasteiger partial charge in [0.2, 0.25) is 10.0 Å². The van der Waals surface area contributed by atoms with Crippen LogP contribution in [0.1, 0.15) is 114 Å². The Kier molecular flexibility index (Phi) is 10.3. The van der Waals surface area contributed by atoms with Gasteiger partial charge in [-0.05, 0) is 137 Å². The fourth-order valence-electron chi connectivity index (χ4n) is 10.4. The number of rotatable bonds is 9. The summed E-state index contributed by atoms with van der Waals surface area (Å²) in [4.78, 5) is 59.7. The van der Waals surface area contributed by atoms with Gasteiger partial charge in [-0.15, -0.1) is 0 Å². The van der Waals surface area contributed by atoms with Gasteiger partial charge < -0.3 is 14.2 Å². The van der Waals surface area contributed by atoms with E-state index >= 15 is 9.18 Å². The van der Waals surface area contributed by atoms with Crippen molar-refractivity contribution in [3.63, 3.8) is 0 Å². The van der Waals surface area contributed by atoms with E-state index < -0.39 is 39.0 Å². The standard InChI is InChI=1S/C48H50FN9O8S/c1-26-20-35(21-27(2)40(26)49)58-42(56-18-17-55(46(56)62)34-11-8-30(9-12-34)41(59)53-67(7,63)64)39-29(4)54(16-14-36(39)51-58)43(60)38-23-33-22-31(32-15-19-65-47(5,6)25-32)10-13-37(33)57(38)48(24-28(48)3)44-50-45(61)66-52-44/h8-13,17-18,20-23,28-29,32H,14-16,19,24-25H2,1-7H3,(H,53,59)(H,50,52,61)/t28-,29-,32-,48-/m0/s1. The molecule has 2 fully saturated rings. The molecule has 0 spiro atoms. The third-order valence-corrected chi connectivity index (χ3v) is 14.4. The van der Waals surface area contributed by atoms with Crippen LogP contribution in [0.4, 0.5) is 4.39 Å². The molecule has 3 aromatic carbocycles. The van der Waals surface area contributed by atoms with Gasteiger partial charge in [0, 0.05) is 54.0 Å². The molecule has 67 heavy (non-hydrogen) atoms. The first-order chi connectivity index (χ1) is 31.7. The van der Waals surface area contributed by atoms with Crippen LogP contribution in [0.3, 0.4) is 0 Å². The molecule has 10 rings (SSSR count). The molecule has 1 saturated heterocycles. The third kappa shape index (κ3) is 7.44. The average molecular weight is 932 g/mol. The van der Waals surface area contributed by atoms with Crippen LogP contribution in [0.5, 0.6) is 0 Å². The molecule has 1 saturated carbocycles. The van der Waals surface area contributed by atoms with Gasteiger partial charge in [0.05, 0.1) is 35.0 Å². The number of nitrogens with zero attached hydrogens (tertiary/aromatic N) is 7. The number of fused-ring (bicyclic) bond motifs is 2. The molecule has 0 unspecified atom stereocenters. The molecule has 2 amide bonds. The Bertz CT molecular complexity index is 3390. The number of aryl methyl sites for hydroxylation is 2. The molecule has 7 aromatic rings. The minimum atomic E-state index is -3.80. The number of carbonyl (C=O) groups is 2. The van der Waals surface area contributed by atoms with E-state index in [2.05, 4.69) is 49.1 Å². The summed E-state index contributed by atoms with van der Waals surface area (Å²) in [5, 5.41) is 10.1. The number of carbonyl (C=O) groups excluding carboxylic acids is 2. The van der Waals surface area contributed by atoms with E-state index in [-0.39, 0.29) is 41.3 Å². The largest absolute Gasteiger partial charge is 0.438 e. The van der Waals surface area contributed by atoms with Crippen molar-refractivity contribution in [2.45, 2.75) is 90.3 Å². The number of sulfonamides is 1. The van der Waals surface area contributed by atoms with Gasteiger partial charge in [0.1, 0.15) is 22.9 Å². The molecule has 4 atom stereocenters. The number of amides is 2. The van der Waals surface area contributed by atoms with E-state index in [0.717, 1.165) is 35.6 Å². The predicted octanol–water partition coefficient (Wildman–Crippen LogP) is 6.11. The molecular weight excluding hydrogens is 882 g/mol. The quantitative estimate of drug-likeness (QED) is 0.170. The topological polar surface area (TPSA) is 201 Å². The van der Waals surface area contributed by atoms with Crippen molar-refractivity contribution in [3.05, 3.63) is 145 Å². The average Bonchev–Trinajstić information content (AvgIpc) is 3.77. The van der Waals surface area contributed by atoms with Crippen LogP contribution < -0.4 is 16.2 Å². The molecule has 2 N–H and O–H groups in total. The van der Waals surface area contributed by atoms with Gasteiger partial charge in [0.15, 0.2) is 5.82 Å². The molecular formula is C48H50FN9O8S. The number of halogens is 1. The highest BCUT2D eigenvalue weighted by molar-refractivity contribution is 7.89. The van der Waals surface area contributed by atoms with E-state index in [4.69, 9.17) is 14.4 Å². The van der Waals surface area contributed by atoms with Gasteiger partial charge in [0.25, 0.3) is 11.8 Å². The maximum atomic E-state index is 15.5. The lowest BCUT2D eigenvalue weighted by Crippen LogP contribution is -2.41. The normalized spacial score (nSPS) is 21.4. The van der Waals surface area contributed by atoms with Crippen molar-refractivity contribution in [2.24, 2.45) is 5.92 Å². The van der Waals surface area contributed by atoms with E-state index in [0.29, 0.717) is 70.5 Å². The predicted molar refractivity (Wildman–Crippen MR) is 245 cm³/mol. The number of imidazole rings is 1. The summed E-state index contributed by atoms with van der Waals surface area (Å²) in [5.41, 5.74) is 3.75. The Morgan fingerprint density at radius 3 is 2.28 bits per heavy atom. The summed E-state index contributed by atoms with van der Waals surface area (Å²) < 4.78 is 58.0. The Morgan fingerprint density at radius 2 is 1.64 bits per heavy atom. The van der Waals surface area contributed by atoms with Crippen LogP contribution in [0.2, 0.25) is 0 Å². The van der Waals surface area contributed by atoms with Crippen molar-refractivity contribution >= 4 is 32.7 Å². The molecule has 0 radical (unpaired) electrons. The second-order valence-electron chi connectivity index (χ2n) is 18.9. The van der Waals surface area contributed by atoms with E-state index in [1.54, 1.807) is 48.0 Å². The number of aromatic nitrogens is 7. The molecule has 19 heteroatoms. The molecule has 0 bridgehead atoms. The lowest BCUT2D eigenvalue weighted by Gasteiger charge is -2.35. The van der Waals surface area contributed by atoms with E-state index in [1.807, 2.05) is 22.3 Å². The maximum absolute atomic E-state index is 15.5. The number of hydrogen-bond acceptors (Lipinski definition) is 10. The van der Waals surface area contributed by atoms with Crippen molar-refractivity contribution < 1.29 is 31.7 Å². The highest BCUT2D eigenvalue weighted by atomic mass is 32.2. The summed E-state index contributed by atoms with van der Waals surface area (Å²) >= 11 is 0. The summed E-state index contributed by atoms with van der Waals surface area (Å²) in [6.45, 7) is 12.4. The van der Waals surface area contributed by atoms with E-state index in [9.17, 15) is 22.8 Å². The van der Waals surface area contributed by atoms with Gasteiger partial charge in [-0.2, -0.15) is 5.10 Å². The van der Waals surface area contributed by atoms with Gasteiger partial charge in [-0.3, -0.25) is 28.2 Å². The van der Waals surface area contributed by atoms with Crippen molar-refractivity contribution in [1.82, 2.24) is 43.2 Å². The lowest BCUT2D eigenvalue weighted by atomic mass is 9.83. The fraction of sp³-hybridized carbons (Fsp3) is 0.375. The summed E-state index contributed by atoms with van der Waals surface area (Å²) in [7, 11) is -3.80. The summed E-state index contributed by atoms with van der Waals surface area (Å²) in [5.74, 6) is -1.20. The van der Waals surface area contributed by atoms with Gasteiger partial charge in [-0.25, -0.2) is 31.8 Å². The Labute approximate surface area is 384 Å². The number of hydrogen-bond donors (Lipinski definition) is 2. The molecule has 17 nitrogen and oxygen atoms in total. The number of benzene rings is 3. The van der Waals surface area contributed by atoms with Gasteiger partial charge >= 0.3 is 11.4 Å². The zero-order valence-electron chi connectivity index (χ0n) is 38.1. The second kappa shape index (κ2) is 15.6. The molecule has 2 aliphatic heterocycles. The maximum Gasteiger partial charge on any atom is 0.438 e. The van der Waals surface area contributed by atoms with Crippen molar-refractivity contribution in [2.75, 3.05) is 19.4 Å².